The molecule has 2 atom stereocenters. The zero-order valence-corrected chi connectivity index (χ0v) is 19.2. The maximum Gasteiger partial charge on any atom is 0.261 e. The lowest BCUT2D eigenvalue weighted by molar-refractivity contribution is -0.127. The molecule has 166 valence electrons. The number of hydrogen-bond acceptors (Lipinski definition) is 3. The highest BCUT2D eigenvalue weighted by Gasteiger charge is 2.20. The van der Waals surface area contributed by atoms with E-state index in [1.165, 1.54) is 42.5 Å². The number of hydrogen-bond donors (Lipinski definition) is 1. The van der Waals surface area contributed by atoms with Gasteiger partial charge in [0, 0.05) is 18.8 Å². The lowest BCUT2D eigenvalue weighted by atomic mass is 9.92. The third-order valence-corrected chi connectivity index (χ3v) is 6.90. The van der Waals surface area contributed by atoms with E-state index in [1.54, 1.807) is 0 Å². The third kappa shape index (κ3) is 5.41. The van der Waals surface area contributed by atoms with E-state index in [-0.39, 0.29) is 11.9 Å². The normalized spacial score (nSPS) is 18.7. The van der Waals surface area contributed by atoms with Crippen LogP contribution in [0.5, 0.6) is 5.75 Å². The van der Waals surface area contributed by atoms with Gasteiger partial charge in [0.2, 0.25) is 0 Å². The fourth-order valence-electron chi connectivity index (χ4n) is 4.70. The molecule has 1 N–H and O–H groups in total. The van der Waals surface area contributed by atoms with Gasteiger partial charge in [-0.1, -0.05) is 25.1 Å². The Labute approximate surface area is 187 Å². The topological polar surface area (TPSA) is 41.6 Å². The summed E-state index contributed by atoms with van der Waals surface area (Å²) in [5.74, 6) is 1.53. The van der Waals surface area contributed by atoms with Crippen LogP contribution in [-0.4, -0.2) is 25.1 Å². The molecule has 0 saturated carbocycles. The Morgan fingerprint density at radius 3 is 2.39 bits per heavy atom. The van der Waals surface area contributed by atoms with Crippen LogP contribution in [0.1, 0.15) is 69.2 Å². The molecule has 31 heavy (non-hydrogen) atoms. The van der Waals surface area contributed by atoms with Crippen molar-refractivity contribution in [1.82, 2.24) is 5.32 Å². The largest absolute Gasteiger partial charge is 0.481 e. The number of ether oxygens (including phenoxy) is 1. The number of carbonyl (C=O) groups excluding carboxylic acids is 1. The monoisotopic (exact) mass is 420 g/mol. The van der Waals surface area contributed by atoms with Gasteiger partial charge < -0.3 is 15.0 Å². The molecule has 1 saturated heterocycles. The number of rotatable bonds is 6. The van der Waals surface area contributed by atoms with Gasteiger partial charge >= 0.3 is 0 Å². The Balaban J connectivity index is 1.31. The molecule has 0 radical (unpaired) electrons. The minimum Gasteiger partial charge on any atom is -0.481 e. The summed E-state index contributed by atoms with van der Waals surface area (Å²) in [4.78, 5) is 15.2. The molecule has 4 rings (SSSR count). The summed E-state index contributed by atoms with van der Waals surface area (Å²) in [5, 5.41) is 3.11. The van der Waals surface area contributed by atoms with Crippen LogP contribution in [0.25, 0.3) is 0 Å². The minimum absolute atomic E-state index is 0.0579. The summed E-state index contributed by atoms with van der Waals surface area (Å²) in [6.07, 6.45) is 6.75. The summed E-state index contributed by atoms with van der Waals surface area (Å²) in [6, 6.07) is 14.8. The smallest absolute Gasteiger partial charge is 0.261 e. The Morgan fingerprint density at radius 1 is 1.00 bits per heavy atom. The maximum absolute atomic E-state index is 12.7. The van der Waals surface area contributed by atoms with Crippen LogP contribution in [0, 0.1) is 5.92 Å². The molecule has 0 spiro atoms. The van der Waals surface area contributed by atoms with Crippen molar-refractivity contribution in [2.45, 2.75) is 71.4 Å². The molecule has 0 aromatic heterocycles. The van der Waals surface area contributed by atoms with Crippen molar-refractivity contribution in [3.05, 3.63) is 59.2 Å². The van der Waals surface area contributed by atoms with Crippen LogP contribution in [0.15, 0.2) is 42.5 Å². The van der Waals surface area contributed by atoms with Gasteiger partial charge in [0.15, 0.2) is 6.10 Å². The first-order valence-electron chi connectivity index (χ1n) is 11.9. The van der Waals surface area contributed by atoms with E-state index in [9.17, 15) is 4.79 Å². The van der Waals surface area contributed by atoms with Crippen LogP contribution < -0.4 is 15.0 Å². The van der Waals surface area contributed by atoms with Gasteiger partial charge in [-0.2, -0.15) is 0 Å². The van der Waals surface area contributed by atoms with E-state index >= 15 is 0 Å². The first-order chi connectivity index (χ1) is 15.0. The Hall–Kier alpha value is -2.49. The van der Waals surface area contributed by atoms with Gasteiger partial charge in [0.25, 0.3) is 5.91 Å². The van der Waals surface area contributed by atoms with E-state index < -0.39 is 6.10 Å². The number of aryl methyl sites for hydroxylation is 2. The lowest BCUT2D eigenvalue weighted by Gasteiger charge is -2.32. The summed E-state index contributed by atoms with van der Waals surface area (Å²) in [7, 11) is 0. The van der Waals surface area contributed by atoms with E-state index in [4.69, 9.17) is 4.74 Å². The maximum atomic E-state index is 12.7. The highest BCUT2D eigenvalue weighted by Crippen LogP contribution is 2.27. The molecular weight excluding hydrogens is 384 g/mol. The van der Waals surface area contributed by atoms with Crippen molar-refractivity contribution in [3.8, 4) is 5.75 Å². The van der Waals surface area contributed by atoms with E-state index in [2.05, 4.69) is 53.5 Å². The molecule has 0 bridgehead atoms. The average Bonchev–Trinajstić information content (AvgIpc) is 2.79. The number of piperidine rings is 1. The molecule has 1 amide bonds. The van der Waals surface area contributed by atoms with E-state index in [0.717, 1.165) is 43.2 Å². The molecule has 1 heterocycles. The van der Waals surface area contributed by atoms with Crippen molar-refractivity contribution in [2.75, 3.05) is 18.0 Å². The van der Waals surface area contributed by atoms with Gasteiger partial charge in [-0.15, -0.1) is 0 Å². The van der Waals surface area contributed by atoms with Gasteiger partial charge in [-0.25, -0.2) is 0 Å². The molecule has 2 aromatic carbocycles. The molecule has 1 aliphatic carbocycles. The second-order valence-electron chi connectivity index (χ2n) is 9.39. The fourth-order valence-corrected chi connectivity index (χ4v) is 4.70. The summed E-state index contributed by atoms with van der Waals surface area (Å²) in [6.45, 7) is 8.44. The lowest BCUT2D eigenvalue weighted by Crippen LogP contribution is -2.37. The molecule has 1 aliphatic heterocycles. The molecule has 4 heteroatoms. The zero-order chi connectivity index (χ0) is 21.8. The highest BCUT2D eigenvalue weighted by molar-refractivity contribution is 5.81. The Kier molecular flexibility index (Phi) is 6.84. The van der Waals surface area contributed by atoms with Gasteiger partial charge in [0.05, 0.1) is 6.04 Å². The van der Waals surface area contributed by atoms with Crippen LogP contribution in [0.2, 0.25) is 0 Å². The van der Waals surface area contributed by atoms with E-state index in [0.29, 0.717) is 0 Å². The Morgan fingerprint density at radius 2 is 1.68 bits per heavy atom. The number of carbonyl (C=O) groups is 1. The summed E-state index contributed by atoms with van der Waals surface area (Å²) in [5.41, 5.74) is 5.18. The zero-order valence-electron chi connectivity index (χ0n) is 19.2. The van der Waals surface area contributed by atoms with Crippen molar-refractivity contribution in [2.24, 2.45) is 5.92 Å². The molecule has 2 aromatic rings. The average molecular weight is 421 g/mol. The second-order valence-corrected chi connectivity index (χ2v) is 9.39. The van der Waals surface area contributed by atoms with Crippen LogP contribution >= 0.6 is 0 Å². The summed E-state index contributed by atoms with van der Waals surface area (Å²) < 4.78 is 5.97. The van der Waals surface area contributed by atoms with Crippen LogP contribution in [0.3, 0.4) is 0 Å². The van der Waals surface area contributed by atoms with E-state index in [1.807, 2.05) is 19.9 Å². The first kappa shape index (κ1) is 21.7. The predicted octanol–water partition coefficient (Wildman–Crippen LogP) is 5.45. The number of anilines is 1. The SMILES string of the molecule is CC1CCN(c2ccc([C@@H](C)NC(=O)[C@H](C)Oc3ccc4c(c3)CCCC4)cc2)CC1. The molecule has 4 nitrogen and oxygen atoms in total. The van der Waals surface area contributed by atoms with Gasteiger partial charge in [-0.3, -0.25) is 4.79 Å². The first-order valence-corrected chi connectivity index (χ1v) is 11.9. The summed E-state index contributed by atoms with van der Waals surface area (Å²) >= 11 is 0. The van der Waals surface area contributed by atoms with Gasteiger partial charge in [0.1, 0.15) is 5.75 Å². The van der Waals surface area contributed by atoms with Crippen LogP contribution in [-0.2, 0) is 17.6 Å². The number of nitrogens with one attached hydrogen (secondary N) is 1. The molecule has 0 unspecified atom stereocenters. The van der Waals surface area contributed by atoms with Gasteiger partial charge in [-0.05, 0) is 99.2 Å². The number of amides is 1. The molecule has 1 fully saturated rings. The Bertz CT molecular complexity index is 885. The van der Waals surface area contributed by atoms with Crippen molar-refractivity contribution in [3.63, 3.8) is 0 Å². The van der Waals surface area contributed by atoms with Crippen molar-refractivity contribution < 1.29 is 9.53 Å². The van der Waals surface area contributed by atoms with Crippen LogP contribution in [0.4, 0.5) is 5.69 Å². The number of fused-ring (bicyclic) bond motifs is 1. The quantitative estimate of drug-likeness (QED) is 0.676. The number of benzene rings is 2. The van der Waals surface area contributed by atoms with Crippen molar-refractivity contribution >= 4 is 11.6 Å². The minimum atomic E-state index is -0.529. The third-order valence-electron chi connectivity index (χ3n) is 6.90. The highest BCUT2D eigenvalue weighted by atomic mass is 16.5. The standard InChI is InChI=1S/C27H36N2O2/c1-19-14-16-29(17-15-19)25-11-8-22(9-12-25)20(2)28-27(30)21(3)31-26-13-10-23-6-4-5-7-24(23)18-26/h8-13,18-21H,4-7,14-17H2,1-3H3,(H,28,30)/t20-,21+/m1/s1. The molecule has 2 aliphatic rings. The fraction of sp³-hybridized carbons (Fsp3) is 0.519. The van der Waals surface area contributed by atoms with Crippen molar-refractivity contribution in [1.29, 1.82) is 0 Å². The second kappa shape index (κ2) is 9.76. The number of nitrogens with zero attached hydrogens (tertiary/aromatic N) is 1. The molecular formula is C27H36N2O2. The predicted molar refractivity (Wildman–Crippen MR) is 127 cm³/mol.